The van der Waals surface area contributed by atoms with Crippen LogP contribution in [0, 0.1) is 0 Å². The van der Waals surface area contributed by atoms with Crippen molar-refractivity contribution >= 4 is 43.8 Å². The lowest BCUT2D eigenvalue weighted by Gasteiger charge is -1.94. The van der Waals surface area contributed by atoms with Crippen molar-refractivity contribution in [3.63, 3.8) is 0 Å². The maximum atomic E-state index is 3.45. The molecule has 0 aliphatic heterocycles. The third-order valence-corrected chi connectivity index (χ3v) is 3.30. The molecule has 0 radical (unpaired) electrons. The maximum Gasteiger partial charge on any atom is 0.0470 e. The summed E-state index contributed by atoms with van der Waals surface area (Å²) in [6.07, 6.45) is 4.23. The van der Waals surface area contributed by atoms with E-state index in [-0.39, 0.29) is 0 Å². The lowest BCUT2D eigenvalue weighted by Crippen LogP contribution is -1.73. The van der Waals surface area contributed by atoms with Crippen LogP contribution >= 0.6 is 15.9 Å². The molecule has 17 heavy (non-hydrogen) atoms. The highest BCUT2D eigenvalue weighted by Crippen LogP contribution is 2.26. The van der Waals surface area contributed by atoms with E-state index in [1.807, 2.05) is 0 Å². The summed E-state index contributed by atoms with van der Waals surface area (Å²) in [7, 11) is 0. The molecule has 0 saturated carbocycles. The fraction of sp³-hybridized carbons (Fsp3) is 0.0667. The highest BCUT2D eigenvalue weighted by Gasteiger charge is 2.02. The van der Waals surface area contributed by atoms with Crippen LogP contribution in [0.25, 0.3) is 27.9 Å². The van der Waals surface area contributed by atoms with Gasteiger partial charge in [-0.05, 0) is 17.7 Å². The monoisotopic (exact) mass is 285 g/mol. The zero-order valence-corrected chi connectivity index (χ0v) is 10.9. The van der Waals surface area contributed by atoms with E-state index in [1.165, 1.54) is 27.4 Å². The van der Waals surface area contributed by atoms with Gasteiger partial charge in [0.1, 0.15) is 0 Å². The number of allylic oxidation sites excluding steroid dienone is 1. The number of hydrogen-bond donors (Lipinski definition) is 1. The smallest absolute Gasteiger partial charge is 0.0470 e. The predicted octanol–water partition coefficient (Wildman–Crippen LogP) is 4.73. The Hall–Kier alpha value is -1.54. The number of para-hydroxylation sites is 1. The zero-order chi connectivity index (χ0) is 11.7. The molecule has 0 unspecified atom stereocenters. The first-order valence-electron chi connectivity index (χ1n) is 5.61. The molecule has 0 aliphatic rings. The molecular weight excluding hydrogens is 274 g/mol. The Morgan fingerprint density at radius 1 is 1.00 bits per heavy atom. The van der Waals surface area contributed by atoms with Crippen molar-refractivity contribution in [3.8, 4) is 0 Å². The summed E-state index contributed by atoms with van der Waals surface area (Å²) in [5.41, 5.74) is 3.62. The van der Waals surface area contributed by atoms with Crippen molar-refractivity contribution < 1.29 is 0 Å². The van der Waals surface area contributed by atoms with Crippen LogP contribution in [-0.4, -0.2) is 10.3 Å². The summed E-state index contributed by atoms with van der Waals surface area (Å²) >= 11 is 3.39. The Morgan fingerprint density at radius 3 is 2.71 bits per heavy atom. The second kappa shape index (κ2) is 4.38. The van der Waals surface area contributed by atoms with E-state index in [9.17, 15) is 0 Å². The molecule has 0 atom stereocenters. The van der Waals surface area contributed by atoms with Gasteiger partial charge in [-0.15, -0.1) is 0 Å². The highest BCUT2D eigenvalue weighted by atomic mass is 79.9. The van der Waals surface area contributed by atoms with Crippen LogP contribution in [0.1, 0.15) is 5.56 Å². The molecule has 1 N–H and O–H groups in total. The molecule has 0 amide bonds. The second-order valence-electron chi connectivity index (χ2n) is 4.03. The van der Waals surface area contributed by atoms with E-state index in [4.69, 9.17) is 0 Å². The average molecular weight is 286 g/mol. The molecule has 0 bridgehead atoms. The van der Waals surface area contributed by atoms with Crippen molar-refractivity contribution in [2.75, 3.05) is 5.33 Å². The van der Waals surface area contributed by atoms with Gasteiger partial charge in [-0.2, -0.15) is 0 Å². The van der Waals surface area contributed by atoms with Gasteiger partial charge >= 0.3 is 0 Å². The summed E-state index contributed by atoms with van der Waals surface area (Å²) in [6.45, 7) is 0. The van der Waals surface area contributed by atoms with Crippen LogP contribution < -0.4 is 0 Å². The van der Waals surface area contributed by atoms with Crippen LogP contribution in [0.3, 0.4) is 0 Å². The topological polar surface area (TPSA) is 15.8 Å². The first-order valence-corrected chi connectivity index (χ1v) is 6.73. The molecule has 3 aromatic rings. The summed E-state index contributed by atoms with van der Waals surface area (Å²) in [5.74, 6) is 0. The van der Waals surface area contributed by atoms with E-state index in [2.05, 4.69) is 75.5 Å². The van der Waals surface area contributed by atoms with Crippen molar-refractivity contribution in [2.24, 2.45) is 0 Å². The standard InChI is InChI=1S/C15H12BrN/c16-9-3-4-11-7-8-13-12-5-1-2-6-14(12)17-15(13)10-11/h1-8,10,17H,9H2. The van der Waals surface area contributed by atoms with Gasteiger partial charge in [0.05, 0.1) is 0 Å². The van der Waals surface area contributed by atoms with Crippen LogP contribution in [0.5, 0.6) is 0 Å². The molecule has 0 aliphatic carbocycles. The minimum absolute atomic E-state index is 0.887. The SMILES string of the molecule is BrCC=Cc1ccc2c(c1)[nH]c1ccccc12. The first kappa shape index (κ1) is 10.6. The van der Waals surface area contributed by atoms with Gasteiger partial charge in [-0.1, -0.05) is 58.4 Å². The van der Waals surface area contributed by atoms with Gasteiger partial charge in [-0.3, -0.25) is 0 Å². The number of nitrogens with one attached hydrogen (secondary N) is 1. The van der Waals surface area contributed by atoms with Gasteiger partial charge < -0.3 is 4.98 Å². The van der Waals surface area contributed by atoms with E-state index in [1.54, 1.807) is 0 Å². The number of H-pyrrole nitrogens is 1. The van der Waals surface area contributed by atoms with Gasteiger partial charge in [0.15, 0.2) is 0 Å². The molecule has 1 aromatic heterocycles. The molecule has 0 fully saturated rings. The predicted molar refractivity (Wildman–Crippen MR) is 78.6 cm³/mol. The number of aromatic nitrogens is 1. The van der Waals surface area contributed by atoms with E-state index in [0.717, 1.165) is 5.33 Å². The van der Waals surface area contributed by atoms with Gasteiger partial charge in [-0.25, -0.2) is 0 Å². The van der Waals surface area contributed by atoms with Crippen molar-refractivity contribution in [1.82, 2.24) is 4.98 Å². The number of rotatable bonds is 2. The zero-order valence-electron chi connectivity index (χ0n) is 9.28. The first-order chi connectivity index (χ1) is 8.38. The Kier molecular flexibility index (Phi) is 2.73. The lowest BCUT2D eigenvalue weighted by molar-refractivity contribution is 1.54. The van der Waals surface area contributed by atoms with Crippen molar-refractivity contribution in [1.29, 1.82) is 0 Å². The van der Waals surface area contributed by atoms with E-state index < -0.39 is 0 Å². The quantitative estimate of drug-likeness (QED) is 0.655. The summed E-state index contributed by atoms with van der Waals surface area (Å²) in [6, 6.07) is 14.9. The van der Waals surface area contributed by atoms with E-state index in [0.29, 0.717) is 0 Å². The summed E-state index contributed by atoms with van der Waals surface area (Å²) in [5, 5.41) is 3.47. The Labute approximate surface area is 108 Å². The van der Waals surface area contributed by atoms with Crippen LogP contribution in [0.15, 0.2) is 48.5 Å². The Morgan fingerprint density at radius 2 is 1.82 bits per heavy atom. The van der Waals surface area contributed by atoms with Crippen LogP contribution in [-0.2, 0) is 0 Å². The molecule has 0 saturated heterocycles. The Bertz CT molecular complexity index is 694. The molecule has 2 heteroatoms. The summed E-state index contributed by atoms with van der Waals surface area (Å²) < 4.78 is 0. The molecule has 1 nitrogen and oxygen atoms in total. The average Bonchev–Trinajstić information content (AvgIpc) is 2.74. The minimum atomic E-state index is 0.887. The van der Waals surface area contributed by atoms with Gasteiger partial charge in [0.2, 0.25) is 0 Å². The number of halogens is 1. The van der Waals surface area contributed by atoms with E-state index >= 15 is 0 Å². The molecular formula is C15H12BrN. The minimum Gasteiger partial charge on any atom is -0.354 e. The third kappa shape index (κ3) is 1.89. The molecule has 0 spiro atoms. The maximum absolute atomic E-state index is 3.45. The summed E-state index contributed by atoms with van der Waals surface area (Å²) in [4.78, 5) is 3.45. The molecule has 2 aromatic carbocycles. The lowest BCUT2D eigenvalue weighted by atomic mass is 10.1. The molecule has 1 heterocycles. The fourth-order valence-electron chi connectivity index (χ4n) is 2.16. The van der Waals surface area contributed by atoms with Crippen molar-refractivity contribution in [2.45, 2.75) is 0 Å². The van der Waals surface area contributed by atoms with Gasteiger partial charge in [0, 0.05) is 27.1 Å². The molecule has 84 valence electrons. The largest absolute Gasteiger partial charge is 0.354 e. The van der Waals surface area contributed by atoms with Crippen LogP contribution in [0.4, 0.5) is 0 Å². The number of aromatic amines is 1. The fourth-order valence-corrected chi connectivity index (χ4v) is 2.34. The number of alkyl halides is 1. The number of benzene rings is 2. The number of fused-ring (bicyclic) bond motifs is 3. The Balaban J connectivity index is 2.23. The normalized spacial score (nSPS) is 11.8. The highest BCUT2D eigenvalue weighted by molar-refractivity contribution is 9.09. The van der Waals surface area contributed by atoms with Crippen LogP contribution in [0.2, 0.25) is 0 Å². The number of hydrogen-bond acceptors (Lipinski definition) is 0. The van der Waals surface area contributed by atoms with Crippen molar-refractivity contribution in [3.05, 3.63) is 54.1 Å². The molecule has 3 rings (SSSR count). The third-order valence-electron chi connectivity index (χ3n) is 2.93. The van der Waals surface area contributed by atoms with Gasteiger partial charge in [0.25, 0.3) is 0 Å². The second-order valence-corrected chi connectivity index (χ2v) is 4.68.